The Morgan fingerprint density at radius 3 is 2.76 bits per heavy atom. The highest BCUT2D eigenvalue weighted by atomic mass is 16.6. The first kappa shape index (κ1) is 15.7. The molecule has 1 aliphatic carbocycles. The van der Waals surface area contributed by atoms with Gasteiger partial charge < -0.3 is 9.84 Å². The summed E-state index contributed by atoms with van der Waals surface area (Å²) in [6.45, 7) is 0.520. The molecule has 0 aliphatic heterocycles. The van der Waals surface area contributed by atoms with Crippen molar-refractivity contribution in [3.63, 3.8) is 0 Å². The number of nitro benzene ring substituents is 1. The fourth-order valence-corrected chi connectivity index (χ4v) is 2.99. The van der Waals surface area contributed by atoms with E-state index in [1.165, 1.54) is 6.07 Å². The molecule has 1 saturated carbocycles. The lowest BCUT2D eigenvalue weighted by atomic mass is 9.91. The molecule has 0 aromatic heterocycles. The molecule has 6 nitrogen and oxygen atoms in total. The molecule has 1 aromatic rings. The van der Waals surface area contributed by atoms with Gasteiger partial charge in [-0.2, -0.15) is 0 Å². The van der Waals surface area contributed by atoms with Crippen LogP contribution in [0.2, 0.25) is 0 Å². The number of rotatable bonds is 5. The van der Waals surface area contributed by atoms with Crippen molar-refractivity contribution in [2.24, 2.45) is 0 Å². The Morgan fingerprint density at radius 2 is 2.14 bits per heavy atom. The number of likely N-dealkylation sites (N-methyl/N-ethyl adjacent to an activating group) is 1. The van der Waals surface area contributed by atoms with Crippen LogP contribution in [-0.4, -0.2) is 41.2 Å². The Balaban J connectivity index is 2.16. The smallest absolute Gasteiger partial charge is 0.270 e. The molecule has 1 fully saturated rings. The van der Waals surface area contributed by atoms with E-state index in [9.17, 15) is 15.2 Å². The molecule has 1 aromatic carbocycles. The fourth-order valence-electron chi connectivity index (χ4n) is 2.99. The first-order chi connectivity index (χ1) is 10.0. The zero-order valence-electron chi connectivity index (χ0n) is 12.5. The van der Waals surface area contributed by atoms with Gasteiger partial charge in [-0.3, -0.25) is 15.0 Å². The Hall–Kier alpha value is -1.66. The molecule has 0 spiro atoms. The van der Waals surface area contributed by atoms with Crippen LogP contribution in [0.3, 0.4) is 0 Å². The van der Waals surface area contributed by atoms with Gasteiger partial charge in [0.15, 0.2) is 0 Å². The second-order valence-corrected chi connectivity index (χ2v) is 5.59. The van der Waals surface area contributed by atoms with Crippen LogP contribution < -0.4 is 4.74 Å². The topological polar surface area (TPSA) is 75.8 Å². The Kier molecular flexibility index (Phi) is 5.14. The van der Waals surface area contributed by atoms with Crippen molar-refractivity contribution in [1.82, 2.24) is 4.90 Å². The maximum absolute atomic E-state index is 10.9. The lowest BCUT2D eigenvalue weighted by Crippen LogP contribution is -2.42. The second kappa shape index (κ2) is 6.87. The monoisotopic (exact) mass is 294 g/mol. The normalized spacial score (nSPS) is 22.3. The average molecular weight is 294 g/mol. The Morgan fingerprint density at radius 1 is 1.43 bits per heavy atom. The van der Waals surface area contributed by atoms with Gasteiger partial charge in [0, 0.05) is 30.3 Å². The van der Waals surface area contributed by atoms with Crippen LogP contribution in [0, 0.1) is 10.1 Å². The molecule has 116 valence electrons. The number of methoxy groups -OCH3 is 1. The van der Waals surface area contributed by atoms with E-state index in [-0.39, 0.29) is 17.8 Å². The summed E-state index contributed by atoms with van der Waals surface area (Å²) in [6, 6.07) is 4.71. The minimum Gasteiger partial charge on any atom is -0.496 e. The highest BCUT2D eigenvalue weighted by Gasteiger charge is 2.27. The van der Waals surface area contributed by atoms with Crippen molar-refractivity contribution in [2.45, 2.75) is 44.4 Å². The Labute approximate surface area is 124 Å². The predicted molar refractivity (Wildman–Crippen MR) is 79.4 cm³/mol. The molecule has 0 saturated heterocycles. The summed E-state index contributed by atoms with van der Waals surface area (Å²) in [5.41, 5.74) is 0.829. The summed E-state index contributed by atoms with van der Waals surface area (Å²) in [4.78, 5) is 12.6. The third-order valence-corrected chi connectivity index (χ3v) is 4.15. The molecule has 0 radical (unpaired) electrons. The maximum Gasteiger partial charge on any atom is 0.270 e. The number of hydrogen-bond acceptors (Lipinski definition) is 5. The summed E-state index contributed by atoms with van der Waals surface area (Å²) in [6.07, 6.45) is 3.62. The van der Waals surface area contributed by atoms with E-state index in [2.05, 4.69) is 4.90 Å². The summed E-state index contributed by atoms with van der Waals surface area (Å²) < 4.78 is 5.28. The van der Waals surface area contributed by atoms with E-state index in [1.54, 1.807) is 19.2 Å². The fraction of sp³-hybridized carbons (Fsp3) is 0.600. The van der Waals surface area contributed by atoms with Crippen LogP contribution >= 0.6 is 0 Å². The number of non-ortho nitro benzene ring substituents is 1. The van der Waals surface area contributed by atoms with Gasteiger partial charge in [0.05, 0.1) is 18.1 Å². The number of nitrogens with zero attached hydrogens (tertiary/aromatic N) is 2. The van der Waals surface area contributed by atoms with Crippen molar-refractivity contribution in [3.05, 3.63) is 33.9 Å². The van der Waals surface area contributed by atoms with E-state index in [0.717, 1.165) is 31.2 Å². The van der Waals surface area contributed by atoms with Gasteiger partial charge >= 0.3 is 0 Å². The van der Waals surface area contributed by atoms with Crippen LogP contribution in [0.4, 0.5) is 5.69 Å². The van der Waals surface area contributed by atoms with Crippen molar-refractivity contribution in [3.8, 4) is 5.75 Å². The van der Waals surface area contributed by atoms with Gasteiger partial charge in [0.25, 0.3) is 5.69 Å². The molecular weight excluding hydrogens is 272 g/mol. The van der Waals surface area contributed by atoms with Crippen LogP contribution in [0.1, 0.15) is 31.2 Å². The van der Waals surface area contributed by atoms with Crippen molar-refractivity contribution >= 4 is 5.69 Å². The van der Waals surface area contributed by atoms with E-state index in [4.69, 9.17) is 4.74 Å². The van der Waals surface area contributed by atoms with Crippen LogP contribution in [0.15, 0.2) is 18.2 Å². The summed E-state index contributed by atoms with van der Waals surface area (Å²) in [7, 11) is 3.50. The number of hydrogen-bond donors (Lipinski definition) is 1. The third kappa shape index (κ3) is 3.71. The van der Waals surface area contributed by atoms with Gasteiger partial charge in [0.2, 0.25) is 0 Å². The first-order valence-electron chi connectivity index (χ1n) is 7.22. The third-order valence-electron chi connectivity index (χ3n) is 4.15. The zero-order valence-corrected chi connectivity index (χ0v) is 12.5. The van der Waals surface area contributed by atoms with Gasteiger partial charge in [-0.05, 0) is 26.0 Å². The van der Waals surface area contributed by atoms with Crippen molar-refractivity contribution in [2.75, 3.05) is 14.2 Å². The van der Waals surface area contributed by atoms with Gasteiger partial charge in [-0.1, -0.05) is 12.8 Å². The molecule has 1 aliphatic rings. The molecule has 0 bridgehead atoms. The van der Waals surface area contributed by atoms with E-state index in [0.29, 0.717) is 12.3 Å². The number of benzene rings is 1. The maximum atomic E-state index is 10.9. The number of aliphatic hydroxyl groups excluding tert-OH is 1. The van der Waals surface area contributed by atoms with Crippen LogP contribution in [0.25, 0.3) is 0 Å². The largest absolute Gasteiger partial charge is 0.496 e. The second-order valence-electron chi connectivity index (χ2n) is 5.59. The zero-order chi connectivity index (χ0) is 15.4. The number of ether oxygens (including phenoxy) is 1. The van der Waals surface area contributed by atoms with Crippen molar-refractivity contribution in [1.29, 1.82) is 0 Å². The lowest BCUT2D eigenvalue weighted by molar-refractivity contribution is -0.385. The molecule has 2 rings (SSSR count). The lowest BCUT2D eigenvalue weighted by Gasteiger charge is -2.35. The quantitative estimate of drug-likeness (QED) is 0.666. The van der Waals surface area contributed by atoms with Crippen LogP contribution in [0.5, 0.6) is 5.75 Å². The van der Waals surface area contributed by atoms with E-state index < -0.39 is 4.92 Å². The molecule has 2 unspecified atom stereocenters. The molecule has 0 heterocycles. The van der Waals surface area contributed by atoms with Gasteiger partial charge in [-0.25, -0.2) is 0 Å². The average Bonchev–Trinajstić information content (AvgIpc) is 2.47. The van der Waals surface area contributed by atoms with Gasteiger partial charge in [0.1, 0.15) is 5.75 Å². The number of nitro groups is 1. The molecule has 2 atom stereocenters. The molecule has 21 heavy (non-hydrogen) atoms. The minimum atomic E-state index is -0.404. The first-order valence-corrected chi connectivity index (χ1v) is 7.22. The van der Waals surface area contributed by atoms with Gasteiger partial charge in [-0.15, -0.1) is 0 Å². The molecule has 6 heteroatoms. The highest BCUT2D eigenvalue weighted by molar-refractivity contribution is 5.43. The highest BCUT2D eigenvalue weighted by Crippen LogP contribution is 2.28. The Bertz CT molecular complexity index is 506. The van der Waals surface area contributed by atoms with E-state index >= 15 is 0 Å². The van der Waals surface area contributed by atoms with E-state index in [1.807, 2.05) is 7.05 Å². The molecule has 1 N–H and O–H groups in total. The van der Waals surface area contributed by atoms with Crippen molar-refractivity contribution < 1.29 is 14.8 Å². The molecular formula is C15H22N2O4. The summed E-state index contributed by atoms with van der Waals surface area (Å²) >= 11 is 0. The number of aliphatic hydroxyl groups is 1. The molecule has 0 amide bonds. The standard InChI is InChI=1S/C15H22N2O4/c1-16(13-5-3-4-6-14(13)18)10-11-9-12(17(19)20)7-8-15(11)21-2/h7-9,13-14,18H,3-6,10H2,1-2H3. The summed E-state index contributed by atoms with van der Waals surface area (Å²) in [5.74, 6) is 0.637. The SMILES string of the molecule is COc1ccc([N+](=O)[O-])cc1CN(C)C1CCCCC1O. The minimum absolute atomic E-state index is 0.0587. The van der Waals surface area contributed by atoms with Crippen LogP contribution in [-0.2, 0) is 6.54 Å². The predicted octanol–water partition coefficient (Wildman–Crippen LogP) is 2.34. The summed E-state index contributed by atoms with van der Waals surface area (Å²) in [5, 5.41) is 21.0.